The van der Waals surface area contributed by atoms with Gasteiger partial charge in [0.15, 0.2) is 5.82 Å². The van der Waals surface area contributed by atoms with Gasteiger partial charge in [-0.2, -0.15) is 0 Å². The lowest BCUT2D eigenvalue weighted by Gasteiger charge is -2.33. The van der Waals surface area contributed by atoms with Crippen LogP contribution in [0.3, 0.4) is 0 Å². The SMILES string of the molecule is CN1CCN(c2nc3ccccn3c2CN)CC1. The average molecular weight is 245 g/mol. The molecule has 0 bridgehead atoms. The third-order valence-electron chi connectivity index (χ3n) is 3.60. The van der Waals surface area contributed by atoms with Crippen LogP contribution in [0.1, 0.15) is 5.69 Å². The molecule has 0 atom stereocenters. The van der Waals surface area contributed by atoms with E-state index in [1.807, 2.05) is 24.4 Å². The van der Waals surface area contributed by atoms with Gasteiger partial charge in [-0.15, -0.1) is 0 Å². The molecule has 0 amide bonds. The van der Waals surface area contributed by atoms with Crippen LogP contribution >= 0.6 is 0 Å². The summed E-state index contributed by atoms with van der Waals surface area (Å²) in [5.41, 5.74) is 7.98. The van der Waals surface area contributed by atoms with Gasteiger partial charge in [0.05, 0.1) is 5.69 Å². The van der Waals surface area contributed by atoms with E-state index in [-0.39, 0.29) is 0 Å². The molecule has 5 nitrogen and oxygen atoms in total. The number of rotatable bonds is 2. The summed E-state index contributed by atoms with van der Waals surface area (Å²) >= 11 is 0. The van der Waals surface area contributed by atoms with Gasteiger partial charge in [-0.3, -0.25) is 0 Å². The van der Waals surface area contributed by atoms with Crippen molar-refractivity contribution in [2.45, 2.75) is 6.54 Å². The molecular formula is C13H19N5. The molecular weight excluding hydrogens is 226 g/mol. The molecule has 0 spiro atoms. The van der Waals surface area contributed by atoms with E-state index in [9.17, 15) is 0 Å². The molecule has 2 N–H and O–H groups in total. The summed E-state index contributed by atoms with van der Waals surface area (Å²) in [5, 5.41) is 0. The van der Waals surface area contributed by atoms with E-state index in [1.54, 1.807) is 0 Å². The number of nitrogens with zero attached hydrogens (tertiary/aromatic N) is 4. The predicted octanol–water partition coefficient (Wildman–Crippen LogP) is 0.545. The molecule has 3 heterocycles. The molecule has 2 aromatic heterocycles. The number of nitrogens with two attached hydrogens (primary N) is 1. The fourth-order valence-corrected chi connectivity index (χ4v) is 2.50. The highest BCUT2D eigenvalue weighted by molar-refractivity contribution is 5.56. The Morgan fingerprint density at radius 2 is 2.00 bits per heavy atom. The van der Waals surface area contributed by atoms with Gasteiger partial charge in [0.2, 0.25) is 0 Å². The second-order valence-corrected chi connectivity index (χ2v) is 4.81. The van der Waals surface area contributed by atoms with Crippen LogP contribution in [0.15, 0.2) is 24.4 Å². The van der Waals surface area contributed by atoms with E-state index in [0.717, 1.165) is 43.3 Å². The zero-order valence-electron chi connectivity index (χ0n) is 10.7. The van der Waals surface area contributed by atoms with Crippen molar-refractivity contribution in [2.24, 2.45) is 5.73 Å². The number of imidazole rings is 1. The second kappa shape index (κ2) is 4.59. The van der Waals surface area contributed by atoms with Crippen molar-refractivity contribution in [1.82, 2.24) is 14.3 Å². The molecule has 1 aliphatic heterocycles. The van der Waals surface area contributed by atoms with Crippen molar-refractivity contribution in [3.8, 4) is 0 Å². The average Bonchev–Trinajstić information content (AvgIpc) is 2.78. The summed E-state index contributed by atoms with van der Waals surface area (Å²) < 4.78 is 2.09. The first-order valence-corrected chi connectivity index (χ1v) is 6.39. The van der Waals surface area contributed by atoms with Gasteiger partial charge in [-0.1, -0.05) is 6.07 Å². The van der Waals surface area contributed by atoms with Crippen molar-refractivity contribution in [3.63, 3.8) is 0 Å². The summed E-state index contributed by atoms with van der Waals surface area (Å²) in [6.45, 7) is 4.73. The highest BCUT2D eigenvalue weighted by Crippen LogP contribution is 2.22. The zero-order chi connectivity index (χ0) is 12.5. The molecule has 2 aromatic rings. The Morgan fingerprint density at radius 1 is 1.22 bits per heavy atom. The smallest absolute Gasteiger partial charge is 0.152 e. The predicted molar refractivity (Wildman–Crippen MR) is 72.8 cm³/mol. The Balaban J connectivity index is 2.00. The first kappa shape index (κ1) is 11.5. The highest BCUT2D eigenvalue weighted by Gasteiger charge is 2.20. The Hall–Kier alpha value is -1.59. The Labute approximate surface area is 107 Å². The first-order valence-electron chi connectivity index (χ1n) is 6.39. The van der Waals surface area contributed by atoms with Gasteiger partial charge in [0.25, 0.3) is 0 Å². The fraction of sp³-hybridized carbons (Fsp3) is 0.462. The maximum atomic E-state index is 5.90. The van der Waals surface area contributed by atoms with E-state index in [1.165, 1.54) is 0 Å². The molecule has 96 valence electrons. The largest absolute Gasteiger partial charge is 0.352 e. The standard InChI is InChI=1S/C13H19N5/c1-16-6-8-17(9-7-16)13-11(10-14)18-5-3-2-4-12(18)15-13/h2-5H,6-10,14H2,1H3. The Morgan fingerprint density at radius 3 is 2.72 bits per heavy atom. The normalized spacial score (nSPS) is 17.6. The molecule has 0 saturated carbocycles. The van der Waals surface area contributed by atoms with Crippen LogP contribution in [0.5, 0.6) is 0 Å². The van der Waals surface area contributed by atoms with Gasteiger partial charge in [0.1, 0.15) is 5.65 Å². The third kappa shape index (κ3) is 1.85. The van der Waals surface area contributed by atoms with Crippen molar-refractivity contribution >= 4 is 11.5 Å². The van der Waals surface area contributed by atoms with Crippen molar-refractivity contribution in [2.75, 3.05) is 38.1 Å². The molecule has 1 aliphatic rings. The molecule has 1 saturated heterocycles. The first-order chi connectivity index (χ1) is 8.79. The molecule has 0 radical (unpaired) electrons. The number of piperazine rings is 1. The number of anilines is 1. The lowest BCUT2D eigenvalue weighted by Crippen LogP contribution is -2.45. The monoisotopic (exact) mass is 245 g/mol. The molecule has 3 rings (SSSR count). The lowest BCUT2D eigenvalue weighted by molar-refractivity contribution is 0.312. The minimum atomic E-state index is 0.521. The van der Waals surface area contributed by atoms with Crippen LogP contribution < -0.4 is 10.6 Å². The molecule has 0 aromatic carbocycles. The quantitative estimate of drug-likeness (QED) is 0.839. The molecule has 18 heavy (non-hydrogen) atoms. The van der Waals surface area contributed by atoms with E-state index < -0.39 is 0 Å². The Bertz CT molecular complexity index is 539. The van der Waals surface area contributed by atoms with Gasteiger partial charge in [-0.05, 0) is 19.2 Å². The molecule has 5 heteroatoms. The topological polar surface area (TPSA) is 49.8 Å². The van der Waals surface area contributed by atoms with Crippen LogP contribution in [-0.2, 0) is 6.54 Å². The molecule has 1 fully saturated rings. The molecule has 0 unspecified atom stereocenters. The van der Waals surface area contributed by atoms with Gasteiger partial charge in [-0.25, -0.2) is 4.98 Å². The number of pyridine rings is 1. The summed E-state index contributed by atoms with van der Waals surface area (Å²) in [5.74, 6) is 1.05. The maximum Gasteiger partial charge on any atom is 0.152 e. The zero-order valence-corrected chi connectivity index (χ0v) is 10.7. The van der Waals surface area contributed by atoms with Crippen LogP contribution in [0, 0.1) is 0 Å². The van der Waals surface area contributed by atoms with Crippen molar-refractivity contribution in [3.05, 3.63) is 30.1 Å². The van der Waals surface area contributed by atoms with Crippen LogP contribution in [0.25, 0.3) is 5.65 Å². The van der Waals surface area contributed by atoms with Crippen molar-refractivity contribution < 1.29 is 0 Å². The van der Waals surface area contributed by atoms with E-state index >= 15 is 0 Å². The van der Waals surface area contributed by atoms with Gasteiger partial charge >= 0.3 is 0 Å². The lowest BCUT2D eigenvalue weighted by atomic mass is 10.3. The summed E-state index contributed by atoms with van der Waals surface area (Å²) in [6, 6.07) is 6.05. The van der Waals surface area contributed by atoms with Crippen LogP contribution in [-0.4, -0.2) is 47.5 Å². The minimum Gasteiger partial charge on any atom is -0.352 e. The van der Waals surface area contributed by atoms with Crippen LogP contribution in [0.4, 0.5) is 5.82 Å². The van der Waals surface area contributed by atoms with Gasteiger partial charge in [0, 0.05) is 38.9 Å². The number of hydrogen-bond donors (Lipinski definition) is 1. The van der Waals surface area contributed by atoms with E-state index in [4.69, 9.17) is 10.7 Å². The van der Waals surface area contributed by atoms with Crippen LogP contribution in [0.2, 0.25) is 0 Å². The number of aromatic nitrogens is 2. The summed E-state index contributed by atoms with van der Waals surface area (Å²) in [7, 11) is 2.16. The summed E-state index contributed by atoms with van der Waals surface area (Å²) in [6.07, 6.45) is 2.03. The third-order valence-corrected chi connectivity index (χ3v) is 3.60. The molecule has 0 aliphatic carbocycles. The Kier molecular flexibility index (Phi) is 2.93. The number of fused-ring (bicyclic) bond motifs is 1. The second-order valence-electron chi connectivity index (χ2n) is 4.81. The minimum absolute atomic E-state index is 0.521. The van der Waals surface area contributed by atoms with Gasteiger partial charge < -0.3 is 19.9 Å². The van der Waals surface area contributed by atoms with E-state index in [0.29, 0.717) is 6.54 Å². The number of hydrogen-bond acceptors (Lipinski definition) is 4. The maximum absolute atomic E-state index is 5.90. The fourth-order valence-electron chi connectivity index (χ4n) is 2.50. The highest BCUT2D eigenvalue weighted by atomic mass is 15.3. The van der Waals surface area contributed by atoms with Crippen molar-refractivity contribution in [1.29, 1.82) is 0 Å². The number of likely N-dealkylation sites (N-methyl/N-ethyl adjacent to an activating group) is 1. The summed E-state index contributed by atoms with van der Waals surface area (Å²) in [4.78, 5) is 9.41. The van der Waals surface area contributed by atoms with E-state index in [2.05, 4.69) is 21.2 Å².